The number of benzene rings is 3. The quantitative estimate of drug-likeness (QED) is 0.639. The highest BCUT2D eigenvalue weighted by atomic mass is 16.4. The summed E-state index contributed by atoms with van der Waals surface area (Å²) in [6.07, 6.45) is 1.83. The molecule has 132 valence electrons. The highest BCUT2D eigenvalue weighted by Gasteiger charge is 2.22. The first-order chi connectivity index (χ1) is 12.8. The first kappa shape index (κ1) is 18.4. The summed E-state index contributed by atoms with van der Waals surface area (Å²) in [5.41, 5.74) is 11.2. The Hall–Kier alpha value is -2.36. The molecule has 0 aliphatic carbocycles. The minimum atomic E-state index is -0.0930. The van der Waals surface area contributed by atoms with Gasteiger partial charge in [-0.1, -0.05) is 91.9 Å². The summed E-state index contributed by atoms with van der Waals surface area (Å²) in [6.45, 7) is 2.60. The van der Waals surface area contributed by atoms with E-state index in [0.29, 0.717) is 6.61 Å². The number of rotatable bonds is 8. The van der Waals surface area contributed by atoms with Gasteiger partial charge in [0.2, 0.25) is 0 Å². The zero-order valence-electron chi connectivity index (χ0n) is 15.3. The Bertz CT molecular complexity index is 792. The van der Waals surface area contributed by atoms with Crippen LogP contribution in [0.15, 0.2) is 84.9 Å². The normalized spacial score (nSPS) is 11.9. The molecule has 3 aromatic rings. The third-order valence-corrected chi connectivity index (χ3v) is 4.58. The van der Waals surface area contributed by atoms with Gasteiger partial charge in [0.15, 0.2) is 0 Å². The molecule has 0 spiro atoms. The molecule has 2 N–H and O–H groups in total. The lowest BCUT2D eigenvalue weighted by molar-refractivity contribution is 0.300. The molecule has 0 aliphatic heterocycles. The van der Waals surface area contributed by atoms with Crippen molar-refractivity contribution in [3.05, 3.63) is 96.1 Å². The van der Waals surface area contributed by atoms with Crippen molar-refractivity contribution < 1.29 is 4.65 Å². The average molecular weight is 343 g/mol. The lowest BCUT2D eigenvalue weighted by Gasteiger charge is -2.19. The van der Waals surface area contributed by atoms with Gasteiger partial charge in [-0.2, -0.15) is 0 Å². The maximum atomic E-state index is 6.34. The fraction of sp³-hybridized carbons (Fsp3) is 0.217. The molecule has 0 saturated carbocycles. The van der Waals surface area contributed by atoms with Crippen molar-refractivity contribution >= 4 is 17.8 Å². The summed E-state index contributed by atoms with van der Waals surface area (Å²) in [6, 6.07) is 29.3. The molecule has 0 radical (unpaired) electrons. The van der Waals surface area contributed by atoms with Crippen molar-refractivity contribution in [2.24, 2.45) is 5.73 Å². The van der Waals surface area contributed by atoms with Crippen LogP contribution < -0.4 is 16.7 Å². The monoisotopic (exact) mass is 343 g/mol. The van der Waals surface area contributed by atoms with E-state index in [-0.39, 0.29) is 13.0 Å². The Balaban J connectivity index is 1.73. The zero-order valence-corrected chi connectivity index (χ0v) is 15.3. The van der Waals surface area contributed by atoms with Crippen molar-refractivity contribution in [1.82, 2.24) is 0 Å². The van der Waals surface area contributed by atoms with Gasteiger partial charge in [-0.3, -0.25) is 0 Å². The molecule has 0 aliphatic rings. The number of hydrogen-bond donors (Lipinski definition) is 1. The second-order valence-electron chi connectivity index (χ2n) is 6.67. The van der Waals surface area contributed by atoms with Crippen molar-refractivity contribution in [3.8, 4) is 0 Å². The molecule has 1 atom stereocenters. The molecule has 0 bridgehead atoms. The van der Waals surface area contributed by atoms with Gasteiger partial charge in [0.25, 0.3) is 0 Å². The summed E-state index contributed by atoms with van der Waals surface area (Å²) < 4.78 is 6.32. The van der Waals surface area contributed by atoms with Gasteiger partial charge < -0.3 is 10.4 Å². The van der Waals surface area contributed by atoms with Gasteiger partial charge in [-0.15, -0.1) is 0 Å². The van der Waals surface area contributed by atoms with Crippen LogP contribution in [0.25, 0.3) is 0 Å². The van der Waals surface area contributed by atoms with E-state index >= 15 is 0 Å². The molecular formula is C23H26BNO. The molecule has 2 nitrogen and oxygen atoms in total. The van der Waals surface area contributed by atoms with Crippen molar-refractivity contribution in [2.45, 2.75) is 25.8 Å². The predicted octanol–water partition coefficient (Wildman–Crippen LogP) is 2.94. The summed E-state index contributed by atoms with van der Waals surface area (Å²) in [4.78, 5) is 0. The van der Waals surface area contributed by atoms with Gasteiger partial charge >= 0.3 is 6.92 Å². The summed E-state index contributed by atoms with van der Waals surface area (Å²) in [7, 11) is 0. The topological polar surface area (TPSA) is 35.2 Å². The molecule has 0 amide bonds. The molecule has 3 aromatic carbocycles. The third-order valence-electron chi connectivity index (χ3n) is 4.58. The van der Waals surface area contributed by atoms with Crippen LogP contribution in [0.1, 0.15) is 18.1 Å². The van der Waals surface area contributed by atoms with E-state index < -0.39 is 0 Å². The van der Waals surface area contributed by atoms with Crippen molar-refractivity contribution in [1.29, 1.82) is 0 Å². The smallest absolute Gasteiger partial charge is 0.361 e. The number of nitrogens with two attached hydrogens (primary N) is 1. The first-order valence-corrected chi connectivity index (χ1v) is 9.31. The van der Waals surface area contributed by atoms with E-state index in [1.807, 2.05) is 24.3 Å². The maximum Gasteiger partial charge on any atom is 0.361 e. The molecule has 0 fully saturated rings. The molecule has 26 heavy (non-hydrogen) atoms. The summed E-state index contributed by atoms with van der Waals surface area (Å²) in [5.74, 6) is 0. The lowest BCUT2D eigenvalue weighted by atomic mass is 9.55. The fourth-order valence-electron chi connectivity index (χ4n) is 3.18. The molecular weight excluding hydrogens is 317 g/mol. The Kier molecular flexibility index (Phi) is 6.65. The summed E-state index contributed by atoms with van der Waals surface area (Å²) >= 11 is 0. The lowest BCUT2D eigenvalue weighted by Crippen LogP contribution is -2.47. The van der Waals surface area contributed by atoms with E-state index in [4.69, 9.17) is 10.4 Å². The molecule has 3 heteroatoms. The Morgan fingerprint density at radius 1 is 0.808 bits per heavy atom. The zero-order chi connectivity index (χ0) is 18.2. The van der Waals surface area contributed by atoms with Crippen LogP contribution in [0.5, 0.6) is 0 Å². The van der Waals surface area contributed by atoms with E-state index in [1.54, 1.807) is 0 Å². The molecule has 0 heterocycles. The first-order valence-electron chi connectivity index (χ1n) is 9.31. The van der Waals surface area contributed by atoms with E-state index in [9.17, 15) is 0 Å². The van der Waals surface area contributed by atoms with Crippen LogP contribution in [-0.4, -0.2) is 19.6 Å². The standard InChI is InChI=1S/C23H26BNO/c1-2-19-12-9-15-22(16-19)24(21-13-7-4-8-14-21)26-18-23(25)17-20-10-5-3-6-11-20/h3-16,23H,2,17-18,25H2,1H3. The van der Waals surface area contributed by atoms with Crippen LogP contribution in [0.2, 0.25) is 0 Å². The van der Waals surface area contributed by atoms with E-state index in [1.165, 1.54) is 16.6 Å². The van der Waals surface area contributed by atoms with Gasteiger partial charge in [-0.25, -0.2) is 0 Å². The van der Waals surface area contributed by atoms with Crippen LogP contribution in [0.4, 0.5) is 0 Å². The highest BCUT2D eigenvalue weighted by molar-refractivity contribution is 6.80. The molecule has 0 aromatic heterocycles. The Morgan fingerprint density at radius 2 is 1.42 bits per heavy atom. The SMILES string of the molecule is CCc1cccc(B(OCC(N)Cc2ccccc2)c2ccccc2)c1. The summed E-state index contributed by atoms with van der Waals surface area (Å²) in [5, 5.41) is 0. The van der Waals surface area contributed by atoms with Gasteiger partial charge in [-0.05, 0) is 34.9 Å². The maximum absolute atomic E-state index is 6.34. The largest absolute Gasteiger partial charge is 0.425 e. The minimum Gasteiger partial charge on any atom is -0.425 e. The van der Waals surface area contributed by atoms with Crippen LogP contribution in [0, 0.1) is 0 Å². The van der Waals surface area contributed by atoms with Gasteiger partial charge in [0, 0.05) is 12.6 Å². The third kappa shape index (κ3) is 5.07. The van der Waals surface area contributed by atoms with Crippen LogP contribution in [0.3, 0.4) is 0 Å². The predicted molar refractivity (Wildman–Crippen MR) is 111 cm³/mol. The molecule has 0 saturated heterocycles. The number of hydrogen-bond acceptors (Lipinski definition) is 2. The Morgan fingerprint density at radius 3 is 2.12 bits per heavy atom. The fourth-order valence-corrected chi connectivity index (χ4v) is 3.18. The second-order valence-corrected chi connectivity index (χ2v) is 6.67. The van der Waals surface area contributed by atoms with Crippen LogP contribution >= 0.6 is 0 Å². The molecule has 3 rings (SSSR count). The van der Waals surface area contributed by atoms with E-state index in [0.717, 1.165) is 18.3 Å². The minimum absolute atomic E-state index is 0.0297. The highest BCUT2D eigenvalue weighted by Crippen LogP contribution is 2.04. The van der Waals surface area contributed by atoms with Crippen molar-refractivity contribution in [3.63, 3.8) is 0 Å². The number of aryl methyl sites for hydroxylation is 1. The molecule has 1 unspecified atom stereocenters. The van der Waals surface area contributed by atoms with Gasteiger partial charge in [0.1, 0.15) is 0 Å². The van der Waals surface area contributed by atoms with Crippen LogP contribution in [-0.2, 0) is 17.5 Å². The van der Waals surface area contributed by atoms with E-state index in [2.05, 4.69) is 67.6 Å². The second kappa shape index (κ2) is 9.37. The van der Waals surface area contributed by atoms with Crippen molar-refractivity contribution in [2.75, 3.05) is 6.61 Å². The van der Waals surface area contributed by atoms with Gasteiger partial charge in [0.05, 0.1) is 0 Å². The Labute approximate surface area is 157 Å². The average Bonchev–Trinajstić information content (AvgIpc) is 2.70.